The number of fused-ring (bicyclic) bond motifs is 2. The molecule has 4 rings (SSSR count). The van der Waals surface area contributed by atoms with Gasteiger partial charge in [0.05, 0.1) is 13.2 Å². The van der Waals surface area contributed by atoms with E-state index in [1.54, 1.807) is 0 Å². The van der Waals surface area contributed by atoms with E-state index in [2.05, 4.69) is 11.4 Å². The number of ether oxygens (including phenoxy) is 2. The first kappa shape index (κ1) is 13.4. The summed E-state index contributed by atoms with van der Waals surface area (Å²) in [4.78, 5) is 0. The van der Waals surface area contributed by atoms with Crippen LogP contribution in [-0.2, 0) is 19.3 Å². The molecule has 3 heteroatoms. The molecule has 1 atom stereocenters. The fraction of sp³-hybridized carbons (Fsp3) is 0.667. The molecule has 0 amide bonds. The van der Waals surface area contributed by atoms with E-state index in [4.69, 9.17) is 9.47 Å². The quantitative estimate of drug-likeness (QED) is 0.907. The van der Waals surface area contributed by atoms with Crippen LogP contribution >= 0.6 is 0 Å². The minimum absolute atomic E-state index is 0.752. The molecule has 3 heterocycles. The summed E-state index contributed by atoms with van der Waals surface area (Å²) in [5.74, 6) is 3.10. The van der Waals surface area contributed by atoms with Crippen LogP contribution in [0.1, 0.15) is 42.4 Å². The molecule has 1 N–H and O–H groups in total. The number of piperidine rings is 1. The summed E-state index contributed by atoms with van der Waals surface area (Å²) in [6, 6.07) is 2.26. The number of rotatable bonds is 2. The maximum absolute atomic E-state index is 6.09. The van der Waals surface area contributed by atoms with Crippen molar-refractivity contribution in [3.8, 4) is 11.5 Å². The summed E-state index contributed by atoms with van der Waals surface area (Å²) in [5.41, 5.74) is 4.28. The molecular formula is C18H25NO2. The van der Waals surface area contributed by atoms with Crippen LogP contribution in [-0.4, -0.2) is 26.3 Å². The molecule has 1 aromatic rings. The molecule has 1 fully saturated rings. The van der Waals surface area contributed by atoms with E-state index in [1.807, 2.05) is 0 Å². The molecule has 0 bridgehead atoms. The van der Waals surface area contributed by atoms with Crippen LogP contribution in [0.15, 0.2) is 6.07 Å². The van der Waals surface area contributed by atoms with E-state index in [1.165, 1.54) is 41.8 Å². The zero-order valence-corrected chi connectivity index (χ0v) is 12.7. The highest BCUT2D eigenvalue weighted by molar-refractivity contribution is 5.55. The molecule has 3 aliphatic rings. The minimum Gasteiger partial charge on any atom is -0.493 e. The van der Waals surface area contributed by atoms with Gasteiger partial charge >= 0.3 is 0 Å². The van der Waals surface area contributed by atoms with Gasteiger partial charge in [0.2, 0.25) is 0 Å². The fourth-order valence-electron chi connectivity index (χ4n) is 4.03. The maximum atomic E-state index is 6.09. The number of hydrogen-bond acceptors (Lipinski definition) is 3. The lowest BCUT2D eigenvalue weighted by Crippen LogP contribution is -2.31. The molecule has 0 radical (unpaired) electrons. The average Bonchev–Trinajstić information content (AvgIpc) is 2.55. The lowest BCUT2D eigenvalue weighted by molar-refractivity contribution is 0.266. The average molecular weight is 287 g/mol. The van der Waals surface area contributed by atoms with E-state index in [9.17, 15) is 0 Å². The third-order valence-electron chi connectivity index (χ3n) is 5.09. The number of aryl methyl sites for hydroxylation is 1. The number of hydrogen-bond donors (Lipinski definition) is 1. The summed E-state index contributed by atoms with van der Waals surface area (Å²) < 4.78 is 12.0. The Kier molecular flexibility index (Phi) is 3.76. The van der Waals surface area contributed by atoms with Gasteiger partial charge in [-0.15, -0.1) is 0 Å². The zero-order chi connectivity index (χ0) is 14.1. The molecule has 0 saturated carbocycles. The summed E-state index contributed by atoms with van der Waals surface area (Å²) in [6.07, 6.45) is 8.37. The Morgan fingerprint density at radius 2 is 2.00 bits per heavy atom. The zero-order valence-electron chi connectivity index (χ0n) is 12.7. The summed E-state index contributed by atoms with van der Waals surface area (Å²) >= 11 is 0. The van der Waals surface area contributed by atoms with Gasteiger partial charge in [0, 0.05) is 11.1 Å². The minimum atomic E-state index is 0.752. The first-order valence-electron chi connectivity index (χ1n) is 8.56. The van der Waals surface area contributed by atoms with Crippen molar-refractivity contribution < 1.29 is 9.47 Å². The van der Waals surface area contributed by atoms with Gasteiger partial charge in [0.15, 0.2) is 0 Å². The van der Waals surface area contributed by atoms with Gasteiger partial charge in [-0.3, -0.25) is 0 Å². The van der Waals surface area contributed by atoms with Crippen LogP contribution in [0.2, 0.25) is 0 Å². The van der Waals surface area contributed by atoms with Gasteiger partial charge in [0.1, 0.15) is 11.5 Å². The van der Waals surface area contributed by atoms with Crippen molar-refractivity contribution in [3.63, 3.8) is 0 Å². The van der Waals surface area contributed by atoms with Crippen molar-refractivity contribution in [2.75, 3.05) is 26.3 Å². The van der Waals surface area contributed by atoms with Crippen LogP contribution < -0.4 is 14.8 Å². The molecule has 1 saturated heterocycles. The molecular weight excluding hydrogens is 262 g/mol. The largest absolute Gasteiger partial charge is 0.493 e. The Morgan fingerprint density at radius 1 is 1.10 bits per heavy atom. The molecule has 3 aliphatic heterocycles. The smallest absolute Gasteiger partial charge is 0.126 e. The summed E-state index contributed by atoms with van der Waals surface area (Å²) in [7, 11) is 0. The normalized spacial score (nSPS) is 24.5. The third kappa shape index (κ3) is 2.64. The molecule has 1 aromatic carbocycles. The highest BCUT2D eigenvalue weighted by atomic mass is 16.5. The number of benzene rings is 1. The van der Waals surface area contributed by atoms with E-state index in [-0.39, 0.29) is 0 Å². The molecule has 21 heavy (non-hydrogen) atoms. The van der Waals surface area contributed by atoms with Gasteiger partial charge < -0.3 is 14.8 Å². The molecule has 0 aliphatic carbocycles. The fourth-order valence-corrected chi connectivity index (χ4v) is 4.03. The molecule has 1 unspecified atom stereocenters. The van der Waals surface area contributed by atoms with Crippen molar-refractivity contribution in [2.24, 2.45) is 5.92 Å². The lowest BCUT2D eigenvalue weighted by Gasteiger charge is -2.30. The van der Waals surface area contributed by atoms with Crippen LogP contribution in [0.5, 0.6) is 11.5 Å². The van der Waals surface area contributed by atoms with Crippen LogP contribution in [0.25, 0.3) is 0 Å². The third-order valence-corrected chi connectivity index (χ3v) is 5.09. The Balaban J connectivity index is 1.71. The van der Waals surface area contributed by atoms with E-state index in [0.717, 1.165) is 63.5 Å². The second-order valence-corrected chi connectivity index (χ2v) is 6.64. The lowest BCUT2D eigenvalue weighted by atomic mass is 9.85. The van der Waals surface area contributed by atoms with E-state index < -0.39 is 0 Å². The summed E-state index contributed by atoms with van der Waals surface area (Å²) in [6.45, 7) is 4.08. The van der Waals surface area contributed by atoms with E-state index >= 15 is 0 Å². The van der Waals surface area contributed by atoms with Gasteiger partial charge in [0.25, 0.3) is 0 Å². The van der Waals surface area contributed by atoms with Gasteiger partial charge in [-0.25, -0.2) is 0 Å². The van der Waals surface area contributed by atoms with Crippen molar-refractivity contribution in [3.05, 3.63) is 22.8 Å². The van der Waals surface area contributed by atoms with Gasteiger partial charge in [-0.05, 0) is 75.6 Å². The Bertz CT molecular complexity index is 486. The predicted octanol–water partition coefficient (Wildman–Crippen LogP) is 2.88. The predicted molar refractivity (Wildman–Crippen MR) is 83.4 cm³/mol. The molecule has 0 aromatic heterocycles. The first-order chi connectivity index (χ1) is 10.4. The Hall–Kier alpha value is -1.22. The highest BCUT2D eigenvalue weighted by Gasteiger charge is 2.26. The number of nitrogens with one attached hydrogen (secondary N) is 1. The Labute approximate surface area is 127 Å². The SMILES string of the molecule is c1c2c(c(CC3CCCNC3)c3c1OCCC3)OCCC2. The molecule has 114 valence electrons. The second-order valence-electron chi connectivity index (χ2n) is 6.64. The van der Waals surface area contributed by atoms with Crippen molar-refractivity contribution in [1.29, 1.82) is 0 Å². The molecule has 3 nitrogen and oxygen atoms in total. The monoisotopic (exact) mass is 287 g/mol. The van der Waals surface area contributed by atoms with E-state index in [0.29, 0.717) is 0 Å². The first-order valence-corrected chi connectivity index (χ1v) is 8.56. The van der Waals surface area contributed by atoms with Crippen LogP contribution in [0.3, 0.4) is 0 Å². The van der Waals surface area contributed by atoms with Crippen molar-refractivity contribution in [2.45, 2.75) is 44.9 Å². The second kappa shape index (κ2) is 5.88. The molecule has 0 spiro atoms. The highest BCUT2D eigenvalue weighted by Crippen LogP contribution is 2.41. The van der Waals surface area contributed by atoms with Gasteiger partial charge in [-0.2, -0.15) is 0 Å². The topological polar surface area (TPSA) is 30.5 Å². The van der Waals surface area contributed by atoms with Crippen LogP contribution in [0.4, 0.5) is 0 Å². The van der Waals surface area contributed by atoms with Crippen LogP contribution in [0, 0.1) is 5.92 Å². The summed E-state index contributed by atoms with van der Waals surface area (Å²) in [5, 5.41) is 3.54. The van der Waals surface area contributed by atoms with Crippen molar-refractivity contribution >= 4 is 0 Å². The Morgan fingerprint density at radius 3 is 2.90 bits per heavy atom. The van der Waals surface area contributed by atoms with Gasteiger partial charge in [-0.1, -0.05) is 0 Å². The van der Waals surface area contributed by atoms with Crippen molar-refractivity contribution in [1.82, 2.24) is 5.32 Å². The standard InChI is InChI=1S/C18H25NO2/c1-4-13(12-19-7-1)10-16-15-6-3-8-20-17(15)11-14-5-2-9-21-18(14)16/h11,13,19H,1-10,12H2. The maximum Gasteiger partial charge on any atom is 0.126 e.